The number of thioether (sulfide) groups is 1. The molecular weight excluding hydrogens is 424 g/mol. The van der Waals surface area contributed by atoms with Crippen molar-refractivity contribution in [3.8, 4) is 0 Å². The van der Waals surface area contributed by atoms with Crippen LogP contribution >= 0.6 is 23.1 Å². The van der Waals surface area contributed by atoms with Gasteiger partial charge in [-0.1, -0.05) is 57.7 Å². The monoisotopic (exact) mass is 452 g/mol. The number of nitrogens with zero attached hydrogens (tertiary/aromatic N) is 3. The first-order chi connectivity index (χ1) is 15.1. The quantitative estimate of drug-likeness (QED) is 0.326. The number of benzene rings is 1. The van der Waals surface area contributed by atoms with Crippen molar-refractivity contribution in [3.05, 3.63) is 52.7 Å². The highest BCUT2D eigenvalue weighted by Gasteiger charge is 2.23. The number of nitrogens with one attached hydrogen (secondary N) is 1. The number of fused-ring (bicyclic) bond motifs is 3. The number of aryl methyl sites for hydroxylation is 3. The number of carbonyl (C=O) groups excluding carboxylic acids is 1. The number of thiophene rings is 1. The number of hydrogen-bond donors (Lipinski definition) is 1. The Hall–Kier alpha value is -2.38. The number of hydrogen-bond acceptors (Lipinski definition) is 5. The van der Waals surface area contributed by atoms with Crippen molar-refractivity contribution in [3.63, 3.8) is 0 Å². The second kappa shape index (κ2) is 9.40. The van der Waals surface area contributed by atoms with Crippen LogP contribution in [0.1, 0.15) is 51.1 Å². The second-order valence-corrected chi connectivity index (χ2v) is 9.61. The predicted molar refractivity (Wildman–Crippen MR) is 132 cm³/mol. The van der Waals surface area contributed by atoms with Crippen LogP contribution < -0.4 is 5.32 Å². The number of amides is 1. The summed E-state index contributed by atoms with van der Waals surface area (Å²) in [6, 6.07) is 10.5. The zero-order valence-corrected chi connectivity index (χ0v) is 20.1. The van der Waals surface area contributed by atoms with Gasteiger partial charge in [-0.2, -0.15) is 0 Å². The van der Waals surface area contributed by atoms with E-state index in [4.69, 9.17) is 0 Å². The molecular formula is C24H28N4OS2. The minimum atomic E-state index is -0.242. The molecule has 1 aromatic carbocycles. The largest absolute Gasteiger partial charge is 0.325 e. The Balaban J connectivity index is 1.66. The van der Waals surface area contributed by atoms with Crippen molar-refractivity contribution in [1.82, 2.24) is 14.6 Å². The van der Waals surface area contributed by atoms with E-state index in [1.54, 1.807) is 11.3 Å². The molecule has 3 aromatic heterocycles. The molecule has 1 N–H and O–H groups in total. The van der Waals surface area contributed by atoms with E-state index >= 15 is 0 Å². The fourth-order valence-electron chi connectivity index (χ4n) is 3.94. The molecule has 31 heavy (non-hydrogen) atoms. The van der Waals surface area contributed by atoms with Gasteiger partial charge in [0.1, 0.15) is 10.9 Å². The van der Waals surface area contributed by atoms with Crippen LogP contribution in [0, 0.1) is 0 Å². The smallest absolute Gasteiger partial charge is 0.237 e. The third-order valence-corrected chi connectivity index (χ3v) is 7.84. The summed E-state index contributed by atoms with van der Waals surface area (Å²) in [6.45, 7) is 8.38. The average molecular weight is 453 g/mol. The highest BCUT2D eigenvalue weighted by Crippen LogP contribution is 2.34. The molecule has 3 heterocycles. The number of anilines is 1. The standard InChI is InChI=1S/C24H28N4OS2/c1-5-15-10-9-11-16(6-2)22(15)25-23(29)19(7-3)31-24-18-14-20-17(12-13-30-20)28(18)21(8-4)26-27-24/h9-14,19H,5-8H2,1-4H3,(H,25,29)/t19-/m1/s1. The molecule has 4 rings (SSSR count). The molecule has 162 valence electrons. The average Bonchev–Trinajstić information content (AvgIpc) is 3.39. The van der Waals surface area contributed by atoms with Crippen LogP contribution in [0.2, 0.25) is 0 Å². The summed E-state index contributed by atoms with van der Waals surface area (Å²) in [4.78, 5) is 13.3. The Labute approximate surface area is 191 Å². The zero-order valence-electron chi connectivity index (χ0n) is 18.4. The molecule has 4 aromatic rings. The maximum absolute atomic E-state index is 13.3. The van der Waals surface area contributed by atoms with Crippen molar-refractivity contribution < 1.29 is 4.79 Å². The van der Waals surface area contributed by atoms with Gasteiger partial charge in [0.2, 0.25) is 5.91 Å². The molecule has 0 aliphatic carbocycles. The first-order valence-electron chi connectivity index (χ1n) is 10.9. The van der Waals surface area contributed by atoms with Crippen molar-refractivity contribution in [2.75, 3.05) is 5.32 Å². The van der Waals surface area contributed by atoms with Gasteiger partial charge in [0, 0.05) is 12.1 Å². The van der Waals surface area contributed by atoms with Crippen molar-refractivity contribution in [2.24, 2.45) is 0 Å². The van der Waals surface area contributed by atoms with Gasteiger partial charge < -0.3 is 5.32 Å². The first-order valence-corrected chi connectivity index (χ1v) is 12.7. The van der Waals surface area contributed by atoms with Crippen LogP contribution in [0.15, 0.2) is 40.7 Å². The first kappa shape index (κ1) is 21.8. The fourth-order valence-corrected chi connectivity index (χ4v) is 5.70. The normalized spacial score (nSPS) is 12.5. The summed E-state index contributed by atoms with van der Waals surface area (Å²) in [5.74, 6) is 0.964. The third kappa shape index (κ3) is 4.08. The van der Waals surface area contributed by atoms with Gasteiger partial charge >= 0.3 is 0 Å². The third-order valence-electron chi connectivity index (χ3n) is 5.64. The molecule has 0 unspecified atom stereocenters. The molecule has 0 saturated heterocycles. The number of para-hydroxylation sites is 1. The van der Waals surface area contributed by atoms with E-state index in [1.807, 2.05) is 6.92 Å². The van der Waals surface area contributed by atoms with E-state index < -0.39 is 0 Å². The predicted octanol–water partition coefficient (Wildman–Crippen LogP) is 6.14. The molecule has 0 bridgehead atoms. The van der Waals surface area contributed by atoms with Gasteiger partial charge in [-0.05, 0) is 47.9 Å². The summed E-state index contributed by atoms with van der Waals surface area (Å²) < 4.78 is 3.40. The molecule has 0 aliphatic heterocycles. The van der Waals surface area contributed by atoms with Crippen LogP contribution in [-0.2, 0) is 24.1 Å². The van der Waals surface area contributed by atoms with E-state index in [1.165, 1.54) is 27.6 Å². The SMILES string of the molecule is CCc1cccc(CC)c1NC(=O)[C@@H](CC)Sc1nnc(CC)n2c1cc1sccc12. The van der Waals surface area contributed by atoms with Gasteiger partial charge in [0.05, 0.1) is 21.0 Å². The molecule has 1 atom stereocenters. The molecule has 0 spiro atoms. The maximum Gasteiger partial charge on any atom is 0.237 e. The van der Waals surface area contributed by atoms with Crippen molar-refractivity contribution >= 4 is 50.4 Å². The maximum atomic E-state index is 13.3. The van der Waals surface area contributed by atoms with Crippen molar-refractivity contribution in [1.29, 1.82) is 0 Å². The number of aromatic nitrogens is 3. The Morgan fingerprint density at radius 3 is 2.45 bits per heavy atom. The van der Waals surface area contributed by atoms with Crippen LogP contribution in [-0.4, -0.2) is 25.8 Å². The van der Waals surface area contributed by atoms with E-state index in [9.17, 15) is 4.79 Å². The molecule has 1 amide bonds. The Morgan fingerprint density at radius 2 is 1.81 bits per heavy atom. The van der Waals surface area contributed by atoms with E-state index in [0.717, 1.165) is 46.8 Å². The van der Waals surface area contributed by atoms with Crippen LogP contribution in [0.25, 0.3) is 15.7 Å². The Morgan fingerprint density at radius 1 is 1.06 bits per heavy atom. The van der Waals surface area contributed by atoms with Gasteiger partial charge in [0.15, 0.2) is 0 Å². The summed E-state index contributed by atoms with van der Waals surface area (Å²) in [6.07, 6.45) is 3.29. The summed E-state index contributed by atoms with van der Waals surface area (Å²) in [5.41, 5.74) is 5.52. The highest BCUT2D eigenvalue weighted by molar-refractivity contribution is 8.00. The van der Waals surface area contributed by atoms with Gasteiger partial charge in [-0.15, -0.1) is 21.5 Å². The molecule has 0 aliphatic rings. The van der Waals surface area contributed by atoms with E-state index in [-0.39, 0.29) is 11.2 Å². The van der Waals surface area contributed by atoms with Crippen LogP contribution in [0.3, 0.4) is 0 Å². The lowest BCUT2D eigenvalue weighted by Crippen LogP contribution is -2.26. The lowest BCUT2D eigenvalue weighted by Gasteiger charge is -2.19. The Kier molecular flexibility index (Phi) is 6.62. The lowest BCUT2D eigenvalue weighted by atomic mass is 10.0. The van der Waals surface area contributed by atoms with E-state index in [0.29, 0.717) is 6.42 Å². The van der Waals surface area contributed by atoms with Gasteiger partial charge in [-0.25, -0.2) is 0 Å². The van der Waals surface area contributed by atoms with Crippen molar-refractivity contribution in [2.45, 2.75) is 63.7 Å². The molecule has 0 radical (unpaired) electrons. The summed E-state index contributed by atoms with van der Waals surface area (Å²) >= 11 is 3.23. The fraction of sp³-hybridized carbons (Fsp3) is 0.375. The van der Waals surface area contributed by atoms with Crippen LogP contribution in [0.4, 0.5) is 5.69 Å². The number of rotatable bonds is 8. The van der Waals surface area contributed by atoms with Crippen LogP contribution in [0.5, 0.6) is 0 Å². The lowest BCUT2D eigenvalue weighted by molar-refractivity contribution is -0.115. The highest BCUT2D eigenvalue weighted by atomic mass is 32.2. The minimum absolute atomic E-state index is 0.0241. The summed E-state index contributed by atoms with van der Waals surface area (Å²) in [5, 5.41) is 14.9. The van der Waals surface area contributed by atoms with Gasteiger partial charge in [-0.3, -0.25) is 9.20 Å². The Bertz CT molecular complexity index is 1210. The van der Waals surface area contributed by atoms with Gasteiger partial charge in [0.25, 0.3) is 0 Å². The summed E-state index contributed by atoms with van der Waals surface area (Å²) in [7, 11) is 0. The topological polar surface area (TPSA) is 59.3 Å². The molecule has 0 saturated carbocycles. The molecule has 0 fully saturated rings. The number of carbonyl (C=O) groups is 1. The molecule has 5 nitrogen and oxygen atoms in total. The molecule has 7 heteroatoms. The van der Waals surface area contributed by atoms with E-state index in [2.05, 4.69) is 76.4 Å². The zero-order chi connectivity index (χ0) is 22.0. The second-order valence-electron chi connectivity index (χ2n) is 7.47. The minimum Gasteiger partial charge on any atom is -0.325 e.